The molecule has 1 aliphatic carbocycles. The standard InChI is InChI=1S/C31H26Cl4N2/c32-27-26(23-13-4-1-5-14-23)29(19-10-11-21-36,24-15-6-2-7-16-24)30(20-12-22-37,31(34,35)28(27)33)25-17-8-3-9-18-25/h1-9,13-18,28H,10-12,19-20H2. The molecule has 37 heavy (non-hydrogen) atoms. The summed E-state index contributed by atoms with van der Waals surface area (Å²) < 4.78 is -1.59. The fourth-order valence-electron chi connectivity index (χ4n) is 6.15. The molecule has 188 valence electrons. The second-order valence-electron chi connectivity index (χ2n) is 9.29. The first-order valence-electron chi connectivity index (χ1n) is 12.2. The number of halogens is 4. The van der Waals surface area contributed by atoms with Crippen LogP contribution in [0.15, 0.2) is 96.0 Å². The van der Waals surface area contributed by atoms with Crippen LogP contribution in [0.1, 0.15) is 48.8 Å². The molecule has 0 heterocycles. The Balaban J connectivity index is 2.26. The highest BCUT2D eigenvalue weighted by Crippen LogP contribution is 2.70. The Bertz CT molecular complexity index is 1330. The molecule has 0 fully saturated rings. The van der Waals surface area contributed by atoms with Crippen molar-refractivity contribution >= 4 is 52.0 Å². The van der Waals surface area contributed by atoms with Gasteiger partial charge in [-0.05, 0) is 41.5 Å². The van der Waals surface area contributed by atoms with Gasteiger partial charge in [-0.3, -0.25) is 0 Å². The maximum Gasteiger partial charge on any atom is 0.150 e. The van der Waals surface area contributed by atoms with Crippen molar-refractivity contribution in [1.29, 1.82) is 10.5 Å². The molecule has 3 atom stereocenters. The van der Waals surface area contributed by atoms with E-state index in [-0.39, 0.29) is 6.42 Å². The van der Waals surface area contributed by atoms with Crippen LogP contribution in [0, 0.1) is 22.7 Å². The number of nitriles is 2. The number of alkyl halides is 3. The van der Waals surface area contributed by atoms with Crippen LogP contribution >= 0.6 is 46.4 Å². The smallest absolute Gasteiger partial charge is 0.150 e. The first-order valence-corrected chi connectivity index (χ1v) is 13.8. The SMILES string of the molecule is N#CCCCC1(c2ccccc2)C(c2ccccc2)=C(Cl)C(Cl)C(Cl)(Cl)C1(CCC#N)c1ccccc1. The van der Waals surface area contributed by atoms with E-state index in [0.717, 1.165) is 22.3 Å². The number of hydrogen-bond donors (Lipinski definition) is 0. The van der Waals surface area contributed by atoms with Gasteiger partial charge in [-0.15, -0.1) is 11.6 Å². The third kappa shape index (κ3) is 4.46. The van der Waals surface area contributed by atoms with E-state index in [2.05, 4.69) is 24.3 Å². The minimum atomic E-state index is -1.59. The number of rotatable bonds is 8. The van der Waals surface area contributed by atoms with Crippen molar-refractivity contribution in [2.24, 2.45) is 0 Å². The highest BCUT2D eigenvalue weighted by Gasteiger charge is 2.70. The Morgan fingerprint density at radius 2 is 1.22 bits per heavy atom. The van der Waals surface area contributed by atoms with Gasteiger partial charge in [-0.1, -0.05) is 126 Å². The molecular formula is C31H26Cl4N2. The quantitative estimate of drug-likeness (QED) is 0.201. The van der Waals surface area contributed by atoms with E-state index in [0.29, 0.717) is 30.7 Å². The second kappa shape index (κ2) is 11.5. The number of allylic oxidation sites excluding steroid dienone is 2. The average Bonchev–Trinajstić information content (AvgIpc) is 2.93. The lowest BCUT2D eigenvalue weighted by Gasteiger charge is -2.62. The highest BCUT2D eigenvalue weighted by atomic mass is 35.5. The van der Waals surface area contributed by atoms with Crippen LogP contribution < -0.4 is 0 Å². The van der Waals surface area contributed by atoms with E-state index in [1.807, 2.05) is 78.9 Å². The van der Waals surface area contributed by atoms with Crippen molar-refractivity contribution in [3.8, 4) is 12.1 Å². The van der Waals surface area contributed by atoms with Gasteiger partial charge in [0.25, 0.3) is 0 Å². The molecule has 0 radical (unpaired) electrons. The van der Waals surface area contributed by atoms with Gasteiger partial charge < -0.3 is 0 Å². The van der Waals surface area contributed by atoms with Crippen molar-refractivity contribution in [2.75, 3.05) is 0 Å². The summed E-state index contributed by atoms with van der Waals surface area (Å²) in [6.45, 7) is 0. The van der Waals surface area contributed by atoms with Gasteiger partial charge in [0.2, 0.25) is 0 Å². The van der Waals surface area contributed by atoms with Crippen LogP contribution in [0.4, 0.5) is 0 Å². The first-order chi connectivity index (χ1) is 17.9. The zero-order chi connectivity index (χ0) is 26.5. The monoisotopic (exact) mass is 566 g/mol. The molecule has 0 spiro atoms. The molecule has 0 N–H and O–H groups in total. The van der Waals surface area contributed by atoms with E-state index in [9.17, 15) is 10.5 Å². The van der Waals surface area contributed by atoms with Crippen molar-refractivity contribution in [2.45, 2.75) is 52.6 Å². The second-order valence-corrected chi connectivity index (χ2v) is 11.5. The number of unbranched alkanes of at least 4 members (excludes halogenated alkanes) is 1. The molecule has 1 aliphatic rings. The predicted octanol–water partition coefficient (Wildman–Crippen LogP) is 9.31. The third-order valence-electron chi connectivity index (χ3n) is 7.55. The Morgan fingerprint density at radius 1 is 0.703 bits per heavy atom. The third-order valence-corrected chi connectivity index (χ3v) is 9.92. The van der Waals surface area contributed by atoms with Gasteiger partial charge in [-0.25, -0.2) is 0 Å². The summed E-state index contributed by atoms with van der Waals surface area (Å²) in [7, 11) is 0. The summed E-state index contributed by atoms with van der Waals surface area (Å²) >= 11 is 29.2. The molecule has 2 nitrogen and oxygen atoms in total. The zero-order valence-corrected chi connectivity index (χ0v) is 23.2. The molecule has 0 amide bonds. The minimum Gasteiger partial charge on any atom is -0.198 e. The maximum absolute atomic E-state index is 9.83. The maximum atomic E-state index is 9.83. The van der Waals surface area contributed by atoms with E-state index >= 15 is 0 Å². The highest BCUT2D eigenvalue weighted by molar-refractivity contribution is 6.57. The Labute approximate surface area is 239 Å². The number of benzene rings is 3. The molecule has 0 saturated heterocycles. The van der Waals surface area contributed by atoms with E-state index in [4.69, 9.17) is 46.4 Å². The largest absolute Gasteiger partial charge is 0.198 e. The fourth-order valence-corrected chi connectivity index (χ4v) is 7.94. The molecule has 0 bridgehead atoms. The van der Waals surface area contributed by atoms with Crippen molar-refractivity contribution in [3.05, 3.63) is 113 Å². The summed E-state index contributed by atoms with van der Waals surface area (Å²) in [5.74, 6) is 0. The Morgan fingerprint density at radius 3 is 1.76 bits per heavy atom. The summed E-state index contributed by atoms with van der Waals surface area (Å²) in [6, 6.07) is 34.4. The van der Waals surface area contributed by atoms with Crippen molar-refractivity contribution < 1.29 is 0 Å². The summed E-state index contributed by atoms with van der Waals surface area (Å²) in [6.07, 6.45) is 1.98. The Kier molecular flexibility index (Phi) is 8.58. The Hall–Kier alpha value is -2.46. The van der Waals surface area contributed by atoms with Gasteiger partial charge in [0.1, 0.15) is 9.71 Å². The summed E-state index contributed by atoms with van der Waals surface area (Å²) in [5, 5.41) is 18.8. The summed E-state index contributed by atoms with van der Waals surface area (Å²) in [4.78, 5) is 0. The molecule has 6 heteroatoms. The molecule has 0 saturated carbocycles. The van der Waals surface area contributed by atoms with Gasteiger partial charge in [0, 0.05) is 28.7 Å². The lowest BCUT2D eigenvalue weighted by atomic mass is 9.46. The topological polar surface area (TPSA) is 47.6 Å². The van der Waals surface area contributed by atoms with E-state index < -0.39 is 20.5 Å². The first kappa shape index (κ1) is 27.6. The molecule has 0 aliphatic heterocycles. The molecular weight excluding hydrogens is 542 g/mol. The van der Waals surface area contributed by atoms with E-state index in [1.165, 1.54) is 0 Å². The predicted molar refractivity (Wildman–Crippen MR) is 154 cm³/mol. The molecule has 3 aromatic carbocycles. The van der Waals surface area contributed by atoms with E-state index in [1.54, 1.807) is 0 Å². The minimum absolute atomic E-state index is 0.201. The van der Waals surface area contributed by atoms with Crippen LogP contribution in [-0.4, -0.2) is 9.71 Å². The van der Waals surface area contributed by atoms with Gasteiger partial charge in [-0.2, -0.15) is 10.5 Å². The summed E-state index contributed by atoms with van der Waals surface area (Å²) in [5.41, 5.74) is 1.60. The normalized spacial score (nSPS) is 24.8. The van der Waals surface area contributed by atoms with Crippen molar-refractivity contribution in [1.82, 2.24) is 0 Å². The van der Waals surface area contributed by atoms with Crippen LogP contribution in [0.5, 0.6) is 0 Å². The van der Waals surface area contributed by atoms with Crippen LogP contribution in [0.3, 0.4) is 0 Å². The number of nitrogens with zero attached hydrogens (tertiary/aromatic N) is 2. The molecule has 4 rings (SSSR count). The van der Waals surface area contributed by atoms with Gasteiger partial charge >= 0.3 is 0 Å². The van der Waals surface area contributed by atoms with Crippen LogP contribution in [0.2, 0.25) is 0 Å². The molecule has 3 aromatic rings. The average molecular weight is 568 g/mol. The molecule has 0 aromatic heterocycles. The zero-order valence-electron chi connectivity index (χ0n) is 20.2. The number of hydrogen-bond acceptors (Lipinski definition) is 2. The fraction of sp³-hybridized carbons (Fsp3) is 0.290. The van der Waals surface area contributed by atoms with Crippen LogP contribution in [-0.2, 0) is 10.8 Å². The lowest BCUT2D eigenvalue weighted by molar-refractivity contribution is 0.199. The van der Waals surface area contributed by atoms with Gasteiger partial charge in [0.05, 0.1) is 12.1 Å². The molecule has 3 unspecified atom stereocenters. The van der Waals surface area contributed by atoms with Crippen LogP contribution in [0.25, 0.3) is 5.57 Å². The van der Waals surface area contributed by atoms with Gasteiger partial charge in [0.15, 0.2) is 0 Å². The lowest BCUT2D eigenvalue weighted by Crippen LogP contribution is -2.65. The van der Waals surface area contributed by atoms with Crippen molar-refractivity contribution in [3.63, 3.8) is 0 Å².